The summed E-state index contributed by atoms with van der Waals surface area (Å²) >= 11 is 0. The fourth-order valence-electron chi connectivity index (χ4n) is 2.04. The highest BCUT2D eigenvalue weighted by Crippen LogP contribution is 2.26. The summed E-state index contributed by atoms with van der Waals surface area (Å²) in [5.41, 5.74) is 1.38. The maximum atomic E-state index is 11.5. The van der Waals surface area contributed by atoms with E-state index in [0.29, 0.717) is 11.7 Å². The third-order valence-corrected chi connectivity index (χ3v) is 3.64. The van der Waals surface area contributed by atoms with Gasteiger partial charge in [-0.3, -0.25) is 14.7 Å². The number of likely N-dealkylation sites (N-methyl/N-ethyl adjacent to an activating group) is 1. The minimum Gasteiger partial charge on any atom is -0.383 e. The van der Waals surface area contributed by atoms with E-state index in [1.54, 1.807) is 19.3 Å². The van der Waals surface area contributed by atoms with E-state index < -0.39 is 0 Å². The van der Waals surface area contributed by atoms with Gasteiger partial charge in [-0.1, -0.05) is 0 Å². The molecule has 0 aromatic carbocycles. The van der Waals surface area contributed by atoms with Crippen molar-refractivity contribution in [3.8, 4) is 0 Å². The number of hydrogen-bond acceptors (Lipinski definition) is 4. The zero-order valence-electron chi connectivity index (χ0n) is 11.8. The van der Waals surface area contributed by atoms with Gasteiger partial charge in [-0.2, -0.15) is 0 Å². The number of rotatable bonds is 6. The van der Waals surface area contributed by atoms with Crippen molar-refractivity contribution in [3.63, 3.8) is 0 Å². The molecule has 0 radical (unpaired) electrons. The van der Waals surface area contributed by atoms with E-state index >= 15 is 0 Å². The van der Waals surface area contributed by atoms with E-state index in [4.69, 9.17) is 0 Å². The van der Waals surface area contributed by atoms with Crippen LogP contribution in [0.2, 0.25) is 0 Å². The van der Waals surface area contributed by atoms with Gasteiger partial charge < -0.3 is 10.6 Å². The molecule has 1 aromatic heterocycles. The topological polar surface area (TPSA) is 57.3 Å². The minimum absolute atomic E-state index is 0.160. The Balaban J connectivity index is 1.89. The molecule has 104 valence electrons. The number of pyridine rings is 1. The van der Waals surface area contributed by atoms with Crippen LogP contribution in [0.4, 0.5) is 5.69 Å². The van der Waals surface area contributed by atoms with Gasteiger partial charge in [0.2, 0.25) is 0 Å². The molecule has 2 rings (SSSR count). The number of hydrogen-bond donors (Lipinski definition) is 2. The summed E-state index contributed by atoms with van der Waals surface area (Å²) in [7, 11) is 3.78. The lowest BCUT2D eigenvalue weighted by atomic mass is 10.2. The maximum absolute atomic E-state index is 11.5. The Morgan fingerprint density at radius 2 is 2.32 bits per heavy atom. The van der Waals surface area contributed by atoms with E-state index in [2.05, 4.69) is 34.5 Å². The van der Waals surface area contributed by atoms with Crippen LogP contribution in [-0.2, 0) is 0 Å². The normalized spacial score (nSPS) is 16.2. The predicted octanol–water partition coefficient (Wildman–Crippen LogP) is 1.34. The zero-order valence-corrected chi connectivity index (χ0v) is 11.8. The van der Waals surface area contributed by atoms with Crippen molar-refractivity contribution in [1.29, 1.82) is 0 Å². The number of amides is 1. The first-order valence-electron chi connectivity index (χ1n) is 6.75. The second kappa shape index (κ2) is 6.02. The minimum atomic E-state index is -0.160. The lowest BCUT2D eigenvalue weighted by Crippen LogP contribution is -2.36. The van der Waals surface area contributed by atoms with Gasteiger partial charge >= 0.3 is 0 Å². The molecule has 1 saturated carbocycles. The van der Waals surface area contributed by atoms with E-state index in [9.17, 15) is 4.79 Å². The Hall–Kier alpha value is -1.62. The first-order valence-corrected chi connectivity index (χ1v) is 6.75. The van der Waals surface area contributed by atoms with Gasteiger partial charge in [0.1, 0.15) is 5.69 Å². The van der Waals surface area contributed by atoms with Gasteiger partial charge in [-0.25, -0.2) is 0 Å². The van der Waals surface area contributed by atoms with Gasteiger partial charge in [0.05, 0.1) is 0 Å². The molecule has 1 amide bonds. The summed E-state index contributed by atoms with van der Waals surface area (Å²) in [5.74, 6) is -0.160. The summed E-state index contributed by atoms with van der Waals surface area (Å²) in [6, 6.07) is 4.90. The van der Waals surface area contributed by atoms with Crippen molar-refractivity contribution in [3.05, 3.63) is 24.0 Å². The molecule has 2 N–H and O–H groups in total. The molecule has 1 aliphatic rings. The molecule has 5 heteroatoms. The summed E-state index contributed by atoms with van der Waals surface area (Å²) in [6.45, 7) is 3.08. The molecule has 0 aliphatic heterocycles. The van der Waals surface area contributed by atoms with E-state index in [0.717, 1.165) is 18.3 Å². The van der Waals surface area contributed by atoms with Gasteiger partial charge in [-0.05, 0) is 38.9 Å². The van der Waals surface area contributed by atoms with Crippen molar-refractivity contribution in [1.82, 2.24) is 15.2 Å². The number of carbonyl (C=O) groups excluding carboxylic acids is 1. The van der Waals surface area contributed by atoms with Crippen LogP contribution in [-0.4, -0.2) is 48.5 Å². The van der Waals surface area contributed by atoms with E-state index in [1.807, 2.05) is 6.07 Å². The molecule has 5 nitrogen and oxygen atoms in total. The number of anilines is 1. The number of nitrogens with one attached hydrogen (secondary N) is 2. The molecule has 0 spiro atoms. The Labute approximate surface area is 114 Å². The van der Waals surface area contributed by atoms with Gasteiger partial charge in [0.15, 0.2) is 0 Å². The summed E-state index contributed by atoms with van der Waals surface area (Å²) in [5, 5.41) is 5.94. The average molecular weight is 262 g/mol. The van der Waals surface area contributed by atoms with Crippen LogP contribution in [0.1, 0.15) is 30.3 Å². The Morgan fingerprint density at radius 3 is 2.95 bits per heavy atom. The van der Waals surface area contributed by atoms with E-state index in [1.165, 1.54) is 12.8 Å². The molecule has 19 heavy (non-hydrogen) atoms. The van der Waals surface area contributed by atoms with Crippen LogP contribution in [0, 0.1) is 0 Å². The van der Waals surface area contributed by atoms with Crippen LogP contribution < -0.4 is 10.6 Å². The number of nitrogens with zero attached hydrogens (tertiary/aromatic N) is 2. The van der Waals surface area contributed by atoms with Crippen molar-refractivity contribution in [2.45, 2.75) is 31.8 Å². The first kappa shape index (κ1) is 13.8. The lowest BCUT2D eigenvalue weighted by molar-refractivity contribution is 0.0958. The number of carbonyl (C=O) groups is 1. The molecule has 1 aliphatic carbocycles. The fourth-order valence-corrected chi connectivity index (χ4v) is 2.04. The molecule has 1 atom stereocenters. The third kappa shape index (κ3) is 3.67. The molecule has 0 bridgehead atoms. The van der Waals surface area contributed by atoms with Crippen LogP contribution in [0.25, 0.3) is 0 Å². The molecule has 1 aromatic rings. The highest BCUT2D eigenvalue weighted by atomic mass is 16.1. The zero-order chi connectivity index (χ0) is 13.8. The monoisotopic (exact) mass is 262 g/mol. The first-order chi connectivity index (χ1) is 9.11. The van der Waals surface area contributed by atoms with Gasteiger partial charge in [0, 0.05) is 37.6 Å². The molecule has 1 heterocycles. The Bertz CT molecular complexity index is 445. The van der Waals surface area contributed by atoms with Crippen molar-refractivity contribution in [2.75, 3.05) is 26.0 Å². The smallest absolute Gasteiger partial charge is 0.269 e. The molecule has 1 fully saturated rings. The van der Waals surface area contributed by atoms with Crippen molar-refractivity contribution in [2.24, 2.45) is 0 Å². The maximum Gasteiger partial charge on any atom is 0.269 e. The largest absolute Gasteiger partial charge is 0.383 e. The molecule has 0 saturated heterocycles. The van der Waals surface area contributed by atoms with Gasteiger partial charge in [-0.15, -0.1) is 0 Å². The summed E-state index contributed by atoms with van der Waals surface area (Å²) < 4.78 is 0. The predicted molar refractivity (Wildman–Crippen MR) is 76.4 cm³/mol. The summed E-state index contributed by atoms with van der Waals surface area (Å²) in [6.07, 6.45) is 4.29. The van der Waals surface area contributed by atoms with Crippen LogP contribution in [0.5, 0.6) is 0 Å². The van der Waals surface area contributed by atoms with E-state index in [-0.39, 0.29) is 5.91 Å². The van der Waals surface area contributed by atoms with Gasteiger partial charge in [0.25, 0.3) is 5.91 Å². The molecule has 1 unspecified atom stereocenters. The van der Waals surface area contributed by atoms with Crippen LogP contribution in [0.3, 0.4) is 0 Å². The third-order valence-electron chi connectivity index (χ3n) is 3.64. The highest BCUT2D eigenvalue weighted by molar-refractivity contribution is 5.92. The van der Waals surface area contributed by atoms with Crippen LogP contribution >= 0.6 is 0 Å². The van der Waals surface area contributed by atoms with Crippen molar-refractivity contribution < 1.29 is 4.79 Å². The SMILES string of the molecule is CNC(=O)c1cc(NCC(C)N(C)C2CC2)ccn1. The Kier molecular flexibility index (Phi) is 4.37. The Morgan fingerprint density at radius 1 is 1.58 bits per heavy atom. The molecular formula is C14H22N4O. The summed E-state index contributed by atoms with van der Waals surface area (Å²) in [4.78, 5) is 18.0. The highest BCUT2D eigenvalue weighted by Gasteiger charge is 2.28. The standard InChI is InChI=1S/C14H22N4O/c1-10(18(3)12-4-5-12)9-17-11-6-7-16-13(8-11)14(19)15-2/h6-8,10,12H,4-5,9H2,1-3H3,(H,15,19)(H,16,17). The van der Waals surface area contributed by atoms with Crippen molar-refractivity contribution >= 4 is 11.6 Å². The quantitative estimate of drug-likeness (QED) is 0.812. The second-order valence-corrected chi connectivity index (χ2v) is 5.14. The lowest BCUT2D eigenvalue weighted by Gasteiger charge is -2.25. The second-order valence-electron chi connectivity index (χ2n) is 5.14. The number of aromatic nitrogens is 1. The average Bonchev–Trinajstić information content (AvgIpc) is 3.28. The van der Waals surface area contributed by atoms with Crippen LogP contribution in [0.15, 0.2) is 18.3 Å². The fraction of sp³-hybridized carbons (Fsp3) is 0.571. The molecular weight excluding hydrogens is 240 g/mol.